The number of fused-ring (bicyclic) bond motifs is 5. The molecule has 0 fully saturated rings. The van der Waals surface area contributed by atoms with Crippen molar-refractivity contribution in [3.8, 4) is 90.5 Å². The molecule has 5 heteroatoms. The van der Waals surface area contributed by atoms with E-state index in [1.165, 1.54) is 22.3 Å². The van der Waals surface area contributed by atoms with E-state index in [9.17, 15) is 0 Å². The normalized spacial score (nSPS) is 13.2. The third-order valence-electron chi connectivity index (χ3n) is 10.4. The highest BCUT2D eigenvalue weighted by Crippen LogP contribution is 2.55. The van der Waals surface area contributed by atoms with Gasteiger partial charge in [-0.15, -0.1) is 0 Å². The van der Waals surface area contributed by atoms with Crippen molar-refractivity contribution in [1.82, 2.24) is 15.0 Å². The van der Waals surface area contributed by atoms with Crippen molar-refractivity contribution >= 4 is 0 Å². The lowest BCUT2D eigenvalue weighted by Gasteiger charge is -2.25. The first kappa shape index (κ1) is 30.9. The van der Waals surface area contributed by atoms with E-state index in [0.717, 1.165) is 50.4 Å². The number of hydrogen-bond donors (Lipinski definition) is 0. The van der Waals surface area contributed by atoms with Gasteiger partial charge < -0.3 is 9.47 Å². The molecule has 0 spiro atoms. The van der Waals surface area contributed by atoms with Gasteiger partial charge in [0.25, 0.3) is 0 Å². The quantitative estimate of drug-likeness (QED) is 0.181. The van der Waals surface area contributed by atoms with E-state index in [-0.39, 0.29) is 5.41 Å². The highest BCUT2D eigenvalue weighted by Gasteiger charge is 2.37. The Morgan fingerprint density at radius 3 is 1.70 bits per heavy atom. The minimum absolute atomic E-state index is 0.143. The Morgan fingerprint density at radius 1 is 0.340 bits per heavy atom. The zero-order valence-electron chi connectivity index (χ0n) is 29.2. The van der Waals surface area contributed by atoms with Crippen LogP contribution in [0.3, 0.4) is 0 Å². The zero-order chi connectivity index (χ0) is 35.5. The Morgan fingerprint density at radius 2 is 0.906 bits per heavy atom. The van der Waals surface area contributed by atoms with E-state index >= 15 is 0 Å². The van der Waals surface area contributed by atoms with Crippen molar-refractivity contribution in [2.75, 3.05) is 0 Å². The van der Waals surface area contributed by atoms with Gasteiger partial charge in [-0.2, -0.15) is 0 Å². The van der Waals surface area contributed by atoms with Gasteiger partial charge in [0.05, 0.1) is 0 Å². The fourth-order valence-corrected chi connectivity index (χ4v) is 7.68. The van der Waals surface area contributed by atoms with Gasteiger partial charge in [0.1, 0.15) is 0 Å². The molecule has 0 atom stereocenters. The fraction of sp³-hybridized carbons (Fsp3) is 0.0625. The number of nitrogens with zero attached hydrogens (tertiary/aromatic N) is 3. The molecule has 0 bridgehead atoms. The largest absolute Gasteiger partial charge is 0.449 e. The minimum Gasteiger partial charge on any atom is -0.449 e. The van der Waals surface area contributed by atoms with Crippen molar-refractivity contribution in [3.63, 3.8) is 0 Å². The van der Waals surface area contributed by atoms with E-state index in [1.807, 2.05) is 60.7 Å². The van der Waals surface area contributed by atoms with Gasteiger partial charge in [-0.05, 0) is 74.8 Å². The molecule has 7 aromatic carbocycles. The van der Waals surface area contributed by atoms with Gasteiger partial charge in [-0.25, -0.2) is 15.0 Å². The molecule has 0 N–H and O–H groups in total. The summed E-state index contributed by atoms with van der Waals surface area (Å²) < 4.78 is 13.1. The monoisotopic (exact) mass is 683 g/mol. The molecule has 252 valence electrons. The molecule has 0 radical (unpaired) electrons. The van der Waals surface area contributed by atoms with Crippen LogP contribution in [-0.2, 0) is 5.41 Å². The number of ether oxygens (including phenoxy) is 2. The van der Waals surface area contributed by atoms with E-state index in [1.54, 1.807) is 0 Å². The Hall–Kier alpha value is -6.85. The summed E-state index contributed by atoms with van der Waals surface area (Å²) in [6, 6.07) is 56.0. The van der Waals surface area contributed by atoms with Crippen molar-refractivity contribution in [3.05, 3.63) is 175 Å². The van der Waals surface area contributed by atoms with Crippen LogP contribution in [0.2, 0.25) is 0 Å². The van der Waals surface area contributed by atoms with E-state index in [2.05, 4.69) is 117 Å². The van der Waals surface area contributed by atoms with Crippen LogP contribution in [0.4, 0.5) is 0 Å². The molecule has 0 saturated heterocycles. The molecular weight excluding hydrogens is 651 g/mol. The maximum Gasteiger partial charge on any atom is 0.170 e. The van der Waals surface area contributed by atoms with E-state index in [4.69, 9.17) is 24.4 Å². The summed E-state index contributed by atoms with van der Waals surface area (Å²) in [6.07, 6.45) is 0. The van der Waals surface area contributed by atoms with Crippen LogP contribution in [0.1, 0.15) is 25.0 Å². The third-order valence-corrected chi connectivity index (χ3v) is 10.4. The molecule has 1 aliphatic heterocycles. The highest BCUT2D eigenvalue weighted by atomic mass is 16.6. The van der Waals surface area contributed by atoms with Crippen molar-refractivity contribution in [1.29, 1.82) is 0 Å². The van der Waals surface area contributed by atoms with Crippen molar-refractivity contribution in [2.45, 2.75) is 19.3 Å². The average molecular weight is 684 g/mol. The summed E-state index contributed by atoms with van der Waals surface area (Å²) in [4.78, 5) is 15.2. The molecule has 0 amide bonds. The SMILES string of the molecule is CC1(C)c2ccccc2-c2cc3c(cc21)Oc1cc(-c2ccccc2-c2nc(-c4ccccc4)nc(-c4cccc(-c5ccccc5)c4)n2)ccc1O3. The number of aromatic nitrogens is 3. The fourth-order valence-electron chi connectivity index (χ4n) is 7.68. The smallest absolute Gasteiger partial charge is 0.170 e. The summed E-state index contributed by atoms with van der Waals surface area (Å²) in [5.41, 5.74) is 11.8. The molecular formula is C48H33N3O2. The third kappa shape index (κ3) is 5.28. The van der Waals surface area contributed by atoms with Crippen molar-refractivity contribution in [2.24, 2.45) is 0 Å². The molecule has 10 rings (SSSR count). The summed E-state index contributed by atoms with van der Waals surface area (Å²) >= 11 is 0. The first-order valence-corrected chi connectivity index (χ1v) is 17.8. The molecule has 2 aliphatic rings. The van der Waals surface area contributed by atoms with Gasteiger partial charge in [-0.3, -0.25) is 0 Å². The molecule has 53 heavy (non-hydrogen) atoms. The molecule has 8 aromatic rings. The van der Waals surface area contributed by atoms with Gasteiger partial charge in [0.15, 0.2) is 40.5 Å². The molecule has 0 saturated carbocycles. The number of benzene rings is 7. The lowest BCUT2D eigenvalue weighted by Crippen LogP contribution is -2.15. The molecule has 1 aliphatic carbocycles. The predicted molar refractivity (Wildman–Crippen MR) is 211 cm³/mol. The van der Waals surface area contributed by atoms with Crippen LogP contribution in [0.25, 0.3) is 67.5 Å². The lowest BCUT2D eigenvalue weighted by molar-refractivity contribution is 0.359. The summed E-state index contributed by atoms with van der Waals surface area (Å²) in [7, 11) is 0. The van der Waals surface area contributed by atoms with Crippen LogP contribution in [0.5, 0.6) is 23.0 Å². The van der Waals surface area contributed by atoms with Crippen LogP contribution in [-0.4, -0.2) is 15.0 Å². The number of rotatable bonds is 5. The molecule has 0 unspecified atom stereocenters. The second-order valence-electron chi connectivity index (χ2n) is 14.0. The Kier molecular flexibility index (Phi) is 7.08. The second-order valence-corrected chi connectivity index (χ2v) is 14.0. The second kappa shape index (κ2) is 12.1. The van der Waals surface area contributed by atoms with Crippen LogP contribution < -0.4 is 9.47 Å². The topological polar surface area (TPSA) is 57.1 Å². The highest BCUT2D eigenvalue weighted by molar-refractivity contribution is 5.85. The minimum atomic E-state index is -0.143. The predicted octanol–water partition coefficient (Wildman–Crippen LogP) is 12.4. The Bertz CT molecular complexity index is 2700. The maximum atomic E-state index is 6.64. The van der Waals surface area contributed by atoms with Crippen molar-refractivity contribution < 1.29 is 9.47 Å². The molecule has 5 nitrogen and oxygen atoms in total. The maximum absolute atomic E-state index is 6.64. The summed E-state index contributed by atoms with van der Waals surface area (Å²) in [5, 5.41) is 0. The van der Waals surface area contributed by atoms with Gasteiger partial charge in [0, 0.05) is 22.1 Å². The molecule has 2 heterocycles. The van der Waals surface area contributed by atoms with Crippen LogP contribution >= 0.6 is 0 Å². The number of hydrogen-bond acceptors (Lipinski definition) is 5. The van der Waals surface area contributed by atoms with Gasteiger partial charge in [0.2, 0.25) is 0 Å². The molecule has 1 aromatic heterocycles. The van der Waals surface area contributed by atoms with Crippen LogP contribution in [0, 0.1) is 0 Å². The Labute approximate surface area is 308 Å². The zero-order valence-corrected chi connectivity index (χ0v) is 29.2. The summed E-state index contributed by atoms with van der Waals surface area (Å²) in [6.45, 7) is 4.54. The van der Waals surface area contributed by atoms with Crippen LogP contribution in [0.15, 0.2) is 164 Å². The van der Waals surface area contributed by atoms with E-state index in [0.29, 0.717) is 29.0 Å². The van der Waals surface area contributed by atoms with Gasteiger partial charge in [-0.1, -0.05) is 147 Å². The standard InChI is InChI=1S/C48H33N3O2/c1-48(2)39-23-12-11-21-36(39)38-28-43-44(29-40(38)48)53-42-27-33(24-25-41(42)52-43)35-20-9-10-22-37(35)47-50-45(31-16-7-4-8-17-31)49-46(51-47)34-19-13-18-32(26-34)30-14-5-3-6-15-30/h3-29H,1-2H3. The lowest BCUT2D eigenvalue weighted by atomic mass is 9.82. The first-order chi connectivity index (χ1) is 26.0. The van der Waals surface area contributed by atoms with Gasteiger partial charge >= 0.3 is 0 Å². The Balaban J connectivity index is 1.05. The average Bonchev–Trinajstić information content (AvgIpc) is 3.44. The summed E-state index contributed by atoms with van der Waals surface area (Å²) in [5.74, 6) is 4.59. The van der Waals surface area contributed by atoms with E-state index < -0.39 is 0 Å². The first-order valence-electron chi connectivity index (χ1n) is 17.8.